The topological polar surface area (TPSA) is 118 Å². The molecule has 0 radical (unpaired) electrons. The summed E-state index contributed by atoms with van der Waals surface area (Å²) in [6.07, 6.45) is 1.60. The Morgan fingerprint density at radius 1 is 1.04 bits per heavy atom. The Morgan fingerprint density at radius 3 is 2.54 bits per heavy atom. The van der Waals surface area contributed by atoms with Crippen molar-refractivity contribution in [1.29, 1.82) is 0 Å². The number of nitrogen functional groups attached to an aromatic ring is 2. The number of hydrogen-bond acceptors (Lipinski definition) is 7. The van der Waals surface area contributed by atoms with Crippen molar-refractivity contribution < 1.29 is 4.74 Å². The third kappa shape index (κ3) is 3.57. The van der Waals surface area contributed by atoms with Crippen molar-refractivity contribution in [2.24, 2.45) is 0 Å². The van der Waals surface area contributed by atoms with Crippen LogP contribution in [0, 0.1) is 6.92 Å². The Hall–Kier alpha value is -3.68. The highest BCUT2D eigenvalue weighted by Crippen LogP contribution is 2.24. The molecule has 0 aliphatic heterocycles. The van der Waals surface area contributed by atoms with Crippen LogP contribution >= 0.6 is 0 Å². The van der Waals surface area contributed by atoms with Crippen molar-refractivity contribution in [1.82, 2.24) is 24.5 Å². The second-order valence-corrected chi connectivity index (χ2v) is 6.61. The Bertz CT molecular complexity index is 1100. The smallest absolute Gasteiger partial charge is 0.213 e. The first-order chi connectivity index (χ1) is 13.5. The van der Waals surface area contributed by atoms with E-state index < -0.39 is 0 Å². The second kappa shape index (κ2) is 7.15. The van der Waals surface area contributed by atoms with Gasteiger partial charge in [0.25, 0.3) is 0 Å². The summed E-state index contributed by atoms with van der Waals surface area (Å²) >= 11 is 0. The van der Waals surface area contributed by atoms with Crippen LogP contribution in [0.2, 0.25) is 0 Å². The second-order valence-electron chi connectivity index (χ2n) is 6.61. The number of fused-ring (bicyclic) bond motifs is 1. The predicted octanol–water partition coefficient (Wildman–Crippen LogP) is 2.83. The largest absolute Gasteiger partial charge is 0.473 e. The van der Waals surface area contributed by atoms with E-state index in [-0.39, 0.29) is 6.10 Å². The number of rotatable bonds is 5. The molecule has 0 saturated heterocycles. The van der Waals surface area contributed by atoms with Gasteiger partial charge in [0, 0.05) is 17.8 Å². The molecule has 4 heterocycles. The maximum atomic E-state index is 5.91. The number of hydrogen-bond donors (Lipinski definition) is 2. The van der Waals surface area contributed by atoms with E-state index in [1.807, 2.05) is 48.7 Å². The maximum Gasteiger partial charge on any atom is 0.213 e. The molecule has 1 unspecified atom stereocenters. The molecule has 4 aromatic heterocycles. The molecule has 0 aromatic carbocycles. The fraction of sp³-hybridized carbons (Fsp3) is 0.200. The minimum absolute atomic E-state index is 0.108. The van der Waals surface area contributed by atoms with Gasteiger partial charge in [-0.15, -0.1) is 0 Å². The monoisotopic (exact) mass is 375 g/mol. The van der Waals surface area contributed by atoms with E-state index in [0.717, 1.165) is 28.2 Å². The van der Waals surface area contributed by atoms with Gasteiger partial charge < -0.3 is 20.8 Å². The third-order valence-corrected chi connectivity index (χ3v) is 4.34. The van der Waals surface area contributed by atoms with Crippen LogP contribution in [0.15, 0.2) is 48.7 Å². The normalized spacial score (nSPS) is 12.2. The number of ether oxygens (including phenoxy) is 1. The molecule has 0 spiro atoms. The molecule has 0 fully saturated rings. The zero-order valence-electron chi connectivity index (χ0n) is 15.7. The van der Waals surface area contributed by atoms with E-state index in [1.165, 1.54) is 0 Å². The Balaban J connectivity index is 1.67. The molecular formula is C20H21N7O. The fourth-order valence-corrected chi connectivity index (χ4v) is 3.13. The summed E-state index contributed by atoms with van der Waals surface area (Å²) in [7, 11) is 0. The molecule has 0 bridgehead atoms. The minimum atomic E-state index is -0.108. The standard InChI is InChI=1S/C20H21N7O/c1-12(28-19-5-3-4-8-23-19)11-27-13(2)24-16-7-6-15(25-20(16)27)14-9-17(21)26-18(22)10-14/h3-10,12H,11H2,1-2H3,(H4,21,22,26). The average molecular weight is 375 g/mol. The minimum Gasteiger partial charge on any atom is -0.473 e. The quantitative estimate of drug-likeness (QED) is 0.550. The van der Waals surface area contributed by atoms with Crippen LogP contribution in [-0.2, 0) is 6.54 Å². The van der Waals surface area contributed by atoms with E-state index in [1.54, 1.807) is 18.3 Å². The van der Waals surface area contributed by atoms with Crippen molar-refractivity contribution in [2.75, 3.05) is 11.5 Å². The number of anilines is 2. The van der Waals surface area contributed by atoms with E-state index >= 15 is 0 Å². The highest BCUT2D eigenvalue weighted by molar-refractivity contribution is 5.77. The molecule has 0 aliphatic carbocycles. The average Bonchev–Trinajstić information content (AvgIpc) is 2.96. The van der Waals surface area contributed by atoms with E-state index in [4.69, 9.17) is 21.2 Å². The number of nitrogens with two attached hydrogens (primary N) is 2. The summed E-state index contributed by atoms with van der Waals surface area (Å²) < 4.78 is 7.95. The van der Waals surface area contributed by atoms with Crippen LogP contribution in [-0.4, -0.2) is 30.6 Å². The lowest BCUT2D eigenvalue weighted by Gasteiger charge is -2.16. The number of imidazole rings is 1. The van der Waals surface area contributed by atoms with Gasteiger partial charge in [0.2, 0.25) is 5.88 Å². The number of aromatic nitrogens is 5. The Morgan fingerprint density at radius 2 is 1.82 bits per heavy atom. The lowest BCUT2D eigenvalue weighted by molar-refractivity contribution is 0.192. The molecule has 8 heteroatoms. The van der Waals surface area contributed by atoms with Gasteiger partial charge in [0.05, 0.1) is 12.2 Å². The van der Waals surface area contributed by atoms with Gasteiger partial charge in [-0.2, -0.15) is 0 Å². The Kier molecular flexibility index (Phi) is 4.52. The van der Waals surface area contributed by atoms with Crippen molar-refractivity contribution in [3.63, 3.8) is 0 Å². The molecular weight excluding hydrogens is 354 g/mol. The predicted molar refractivity (Wildman–Crippen MR) is 109 cm³/mol. The van der Waals surface area contributed by atoms with Crippen molar-refractivity contribution >= 4 is 22.8 Å². The fourth-order valence-electron chi connectivity index (χ4n) is 3.13. The van der Waals surface area contributed by atoms with Crippen LogP contribution in [0.3, 0.4) is 0 Å². The van der Waals surface area contributed by atoms with Crippen LogP contribution in [0.5, 0.6) is 5.88 Å². The van der Waals surface area contributed by atoms with Gasteiger partial charge in [-0.25, -0.2) is 19.9 Å². The van der Waals surface area contributed by atoms with Gasteiger partial charge in [-0.3, -0.25) is 0 Å². The molecule has 4 N–H and O–H groups in total. The summed E-state index contributed by atoms with van der Waals surface area (Å²) in [5.41, 5.74) is 14.8. The molecule has 8 nitrogen and oxygen atoms in total. The number of aryl methyl sites for hydroxylation is 1. The van der Waals surface area contributed by atoms with E-state index in [9.17, 15) is 0 Å². The lowest BCUT2D eigenvalue weighted by Crippen LogP contribution is -2.21. The van der Waals surface area contributed by atoms with Crippen LogP contribution in [0.4, 0.5) is 11.6 Å². The van der Waals surface area contributed by atoms with Crippen molar-refractivity contribution in [3.8, 4) is 17.1 Å². The molecule has 0 amide bonds. The molecule has 0 saturated carbocycles. The molecule has 142 valence electrons. The van der Waals surface area contributed by atoms with Crippen molar-refractivity contribution in [3.05, 3.63) is 54.5 Å². The van der Waals surface area contributed by atoms with E-state index in [2.05, 4.69) is 15.0 Å². The molecule has 0 aliphatic rings. The van der Waals surface area contributed by atoms with Gasteiger partial charge in [-0.05, 0) is 44.2 Å². The third-order valence-electron chi connectivity index (χ3n) is 4.34. The van der Waals surface area contributed by atoms with Crippen molar-refractivity contribution in [2.45, 2.75) is 26.5 Å². The number of pyridine rings is 3. The zero-order chi connectivity index (χ0) is 19.7. The van der Waals surface area contributed by atoms with Crippen LogP contribution in [0.1, 0.15) is 12.7 Å². The van der Waals surface area contributed by atoms with Gasteiger partial charge in [0.1, 0.15) is 29.1 Å². The lowest BCUT2D eigenvalue weighted by atomic mass is 10.1. The molecule has 4 aromatic rings. The highest BCUT2D eigenvalue weighted by atomic mass is 16.5. The molecule has 4 rings (SSSR count). The zero-order valence-corrected chi connectivity index (χ0v) is 15.7. The maximum absolute atomic E-state index is 5.91. The molecule has 28 heavy (non-hydrogen) atoms. The SMILES string of the molecule is Cc1nc2ccc(-c3cc(N)nc(N)c3)nc2n1CC(C)Oc1ccccn1. The van der Waals surface area contributed by atoms with Gasteiger partial charge >= 0.3 is 0 Å². The first-order valence-corrected chi connectivity index (χ1v) is 8.94. The summed E-state index contributed by atoms with van der Waals surface area (Å²) in [5.74, 6) is 2.18. The van der Waals surface area contributed by atoms with Crippen LogP contribution in [0.25, 0.3) is 22.4 Å². The summed E-state index contributed by atoms with van der Waals surface area (Å²) in [6, 6.07) is 12.9. The highest BCUT2D eigenvalue weighted by Gasteiger charge is 2.15. The summed E-state index contributed by atoms with van der Waals surface area (Å²) in [4.78, 5) is 17.6. The van der Waals surface area contributed by atoms with Gasteiger partial charge in [-0.1, -0.05) is 6.07 Å². The first-order valence-electron chi connectivity index (χ1n) is 8.94. The summed E-state index contributed by atoms with van der Waals surface area (Å²) in [6.45, 7) is 4.54. The Labute approximate surface area is 162 Å². The first kappa shape index (κ1) is 17.7. The molecule has 1 atom stereocenters. The summed E-state index contributed by atoms with van der Waals surface area (Å²) in [5, 5.41) is 0. The van der Waals surface area contributed by atoms with E-state index in [0.29, 0.717) is 24.1 Å². The van der Waals surface area contributed by atoms with Gasteiger partial charge in [0.15, 0.2) is 5.65 Å². The van der Waals surface area contributed by atoms with Crippen LogP contribution < -0.4 is 16.2 Å². The number of nitrogens with zero attached hydrogens (tertiary/aromatic N) is 5.